The van der Waals surface area contributed by atoms with E-state index in [1.165, 1.54) is 0 Å². The van der Waals surface area contributed by atoms with Crippen LogP contribution in [0.15, 0.2) is 11.1 Å². The van der Waals surface area contributed by atoms with Gasteiger partial charge in [0.15, 0.2) is 0 Å². The Balaban J connectivity index is 2.39. The van der Waals surface area contributed by atoms with E-state index in [0.717, 1.165) is 18.7 Å². The maximum atomic E-state index is 9.43. The molecule has 1 N–H and O–H groups in total. The number of rotatable bonds is 2. The molecule has 1 atom stereocenters. The highest BCUT2D eigenvalue weighted by Gasteiger charge is 2.15. The van der Waals surface area contributed by atoms with E-state index in [0.29, 0.717) is 19.8 Å². The molecule has 0 radical (unpaired) electrons. The second-order valence-corrected chi connectivity index (χ2v) is 3.64. The summed E-state index contributed by atoms with van der Waals surface area (Å²) in [6.07, 6.45) is -0.370. The normalized spacial score (nSPS) is 27.3. The molecule has 1 aliphatic heterocycles. The molecule has 0 bridgehead atoms. The van der Waals surface area contributed by atoms with Gasteiger partial charge in [-0.15, -0.1) is 0 Å². The predicted octanol–water partition coefficient (Wildman–Crippen LogP) is 0.822. The number of hydrogen-bond donors (Lipinski definition) is 1. The van der Waals surface area contributed by atoms with Gasteiger partial charge in [-0.05, 0) is 12.5 Å². The number of nitrogens with zero attached hydrogens (tertiary/aromatic N) is 1. The van der Waals surface area contributed by atoms with Crippen molar-refractivity contribution < 1.29 is 9.84 Å². The van der Waals surface area contributed by atoms with Gasteiger partial charge in [-0.25, -0.2) is 0 Å². The maximum Gasteiger partial charge on any atom is 0.0900 e. The third-order valence-electron chi connectivity index (χ3n) is 1.99. The first-order chi connectivity index (χ1) is 6.22. The van der Waals surface area contributed by atoms with E-state index >= 15 is 0 Å². The van der Waals surface area contributed by atoms with E-state index in [2.05, 4.69) is 4.90 Å². The number of aliphatic hydroxyl groups excluding tert-OH is 1. The fourth-order valence-corrected chi connectivity index (χ4v) is 1.45. The SMILES string of the molecule is C/C(=C\Cl)CN1CCOCC(O)C1. The average Bonchev–Trinajstić information content (AvgIpc) is 2.30. The molecule has 1 aliphatic rings. The van der Waals surface area contributed by atoms with Gasteiger partial charge in [0.2, 0.25) is 0 Å². The predicted molar refractivity (Wildman–Crippen MR) is 52.9 cm³/mol. The zero-order chi connectivity index (χ0) is 9.68. The Bertz CT molecular complexity index is 184. The van der Waals surface area contributed by atoms with E-state index in [1.54, 1.807) is 5.54 Å². The Morgan fingerprint density at radius 1 is 1.77 bits per heavy atom. The fourth-order valence-electron chi connectivity index (χ4n) is 1.39. The topological polar surface area (TPSA) is 32.7 Å². The fraction of sp³-hybridized carbons (Fsp3) is 0.778. The average molecular weight is 206 g/mol. The van der Waals surface area contributed by atoms with E-state index in [9.17, 15) is 5.11 Å². The molecule has 1 rings (SSSR count). The zero-order valence-corrected chi connectivity index (χ0v) is 8.63. The van der Waals surface area contributed by atoms with Crippen molar-refractivity contribution in [3.63, 3.8) is 0 Å². The highest BCUT2D eigenvalue weighted by molar-refractivity contribution is 6.25. The van der Waals surface area contributed by atoms with Crippen LogP contribution in [0.3, 0.4) is 0 Å². The first kappa shape index (κ1) is 11.0. The van der Waals surface area contributed by atoms with Crippen LogP contribution in [0.5, 0.6) is 0 Å². The molecule has 0 aromatic carbocycles. The molecule has 13 heavy (non-hydrogen) atoms. The summed E-state index contributed by atoms with van der Waals surface area (Å²) in [6.45, 7) is 5.45. The Morgan fingerprint density at radius 2 is 2.54 bits per heavy atom. The second kappa shape index (κ2) is 5.60. The van der Waals surface area contributed by atoms with Crippen molar-refractivity contribution in [3.8, 4) is 0 Å². The van der Waals surface area contributed by atoms with Crippen LogP contribution in [-0.4, -0.2) is 49.0 Å². The summed E-state index contributed by atoms with van der Waals surface area (Å²) in [5, 5.41) is 9.43. The molecule has 0 saturated carbocycles. The number of halogens is 1. The molecule has 1 saturated heterocycles. The van der Waals surface area contributed by atoms with Crippen LogP contribution >= 0.6 is 11.6 Å². The van der Waals surface area contributed by atoms with Gasteiger partial charge in [0, 0.05) is 25.2 Å². The van der Waals surface area contributed by atoms with E-state index < -0.39 is 0 Å². The van der Waals surface area contributed by atoms with Crippen molar-refractivity contribution in [1.29, 1.82) is 0 Å². The monoisotopic (exact) mass is 205 g/mol. The first-order valence-electron chi connectivity index (χ1n) is 4.46. The van der Waals surface area contributed by atoms with Gasteiger partial charge in [0.1, 0.15) is 0 Å². The third-order valence-corrected chi connectivity index (χ3v) is 2.36. The van der Waals surface area contributed by atoms with Gasteiger partial charge in [-0.2, -0.15) is 0 Å². The quantitative estimate of drug-likeness (QED) is 0.725. The molecular formula is C9H16ClNO2. The maximum absolute atomic E-state index is 9.43. The molecule has 0 aromatic heterocycles. The molecule has 1 heterocycles. The van der Waals surface area contributed by atoms with Crippen LogP contribution in [-0.2, 0) is 4.74 Å². The van der Waals surface area contributed by atoms with Crippen LogP contribution in [0.4, 0.5) is 0 Å². The van der Waals surface area contributed by atoms with Crippen LogP contribution in [0.1, 0.15) is 6.92 Å². The molecule has 0 amide bonds. The standard InChI is InChI=1S/C9H16ClNO2/c1-8(4-10)5-11-2-3-13-7-9(12)6-11/h4,9,12H,2-3,5-7H2,1H3/b8-4+. The van der Waals surface area contributed by atoms with Crippen LogP contribution in [0.2, 0.25) is 0 Å². The minimum atomic E-state index is -0.370. The lowest BCUT2D eigenvalue weighted by atomic mass is 10.3. The van der Waals surface area contributed by atoms with Crippen molar-refractivity contribution in [2.75, 3.05) is 32.8 Å². The molecule has 4 heteroatoms. The molecule has 0 spiro atoms. The minimum Gasteiger partial charge on any atom is -0.389 e. The van der Waals surface area contributed by atoms with Crippen LogP contribution < -0.4 is 0 Å². The van der Waals surface area contributed by atoms with Gasteiger partial charge in [-0.1, -0.05) is 11.6 Å². The van der Waals surface area contributed by atoms with E-state index in [4.69, 9.17) is 16.3 Å². The summed E-state index contributed by atoms with van der Waals surface area (Å²) in [7, 11) is 0. The summed E-state index contributed by atoms with van der Waals surface area (Å²) in [5.41, 5.74) is 2.69. The van der Waals surface area contributed by atoms with E-state index in [-0.39, 0.29) is 6.10 Å². The lowest BCUT2D eigenvalue weighted by molar-refractivity contribution is 0.0568. The molecule has 0 aromatic rings. The van der Waals surface area contributed by atoms with Crippen LogP contribution in [0, 0.1) is 0 Å². The Kier molecular flexibility index (Phi) is 4.73. The Labute approximate surface area is 83.9 Å². The lowest BCUT2D eigenvalue weighted by Crippen LogP contribution is -2.33. The minimum absolute atomic E-state index is 0.370. The highest BCUT2D eigenvalue weighted by atomic mass is 35.5. The van der Waals surface area contributed by atoms with Crippen molar-refractivity contribution in [2.45, 2.75) is 13.0 Å². The summed E-state index contributed by atoms with van der Waals surface area (Å²) < 4.78 is 5.21. The molecule has 1 fully saturated rings. The van der Waals surface area contributed by atoms with Crippen molar-refractivity contribution >= 4 is 11.6 Å². The van der Waals surface area contributed by atoms with Gasteiger partial charge < -0.3 is 9.84 Å². The molecular weight excluding hydrogens is 190 g/mol. The number of hydrogen-bond acceptors (Lipinski definition) is 3. The molecule has 76 valence electrons. The van der Waals surface area contributed by atoms with Crippen LogP contribution in [0.25, 0.3) is 0 Å². The van der Waals surface area contributed by atoms with Crippen molar-refractivity contribution in [3.05, 3.63) is 11.1 Å². The number of β-amino-alcohol motifs (C(OH)–C–C–N with tert-alkyl or cyclic N) is 1. The van der Waals surface area contributed by atoms with Gasteiger partial charge >= 0.3 is 0 Å². The van der Waals surface area contributed by atoms with Gasteiger partial charge in [0.25, 0.3) is 0 Å². The smallest absolute Gasteiger partial charge is 0.0900 e. The van der Waals surface area contributed by atoms with Crippen molar-refractivity contribution in [2.24, 2.45) is 0 Å². The summed E-state index contributed by atoms with van der Waals surface area (Å²) in [4.78, 5) is 2.14. The molecule has 3 nitrogen and oxygen atoms in total. The Morgan fingerprint density at radius 3 is 3.23 bits per heavy atom. The first-order valence-corrected chi connectivity index (χ1v) is 4.90. The Hall–Kier alpha value is -0.0900. The summed E-state index contributed by atoms with van der Waals surface area (Å²) in [5.74, 6) is 0. The second-order valence-electron chi connectivity index (χ2n) is 3.42. The molecule has 1 unspecified atom stereocenters. The van der Waals surface area contributed by atoms with Gasteiger partial charge in [-0.3, -0.25) is 4.90 Å². The summed E-state index contributed by atoms with van der Waals surface area (Å²) in [6, 6.07) is 0. The summed E-state index contributed by atoms with van der Waals surface area (Å²) >= 11 is 5.57. The van der Waals surface area contributed by atoms with Gasteiger partial charge in [0.05, 0.1) is 19.3 Å². The zero-order valence-electron chi connectivity index (χ0n) is 7.87. The number of ether oxygens (including phenoxy) is 1. The molecule has 0 aliphatic carbocycles. The number of aliphatic hydroxyl groups is 1. The lowest BCUT2D eigenvalue weighted by Gasteiger charge is -2.20. The largest absolute Gasteiger partial charge is 0.389 e. The third kappa shape index (κ3) is 4.09. The highest BCUT2D eigenvalue weighted by Crippen LogP contribution is 2.04. The van der Waals surface area contributed by atoms with Crippen molar-refractivity contribution in [1.82, 2.24) is 4.90 Å². The van der Waals surface area contributed by atoms with E-state index in [1.807, 2.05) is 6.92 Å².